The van der Waals surface area contributed by atoms with E-state index in [0.29, 0.717) is 32.6 Å². The van der Waals surface area contributed by atoms with Gasteiger partial charge in [-0.15, -0.1) is 0 Å². The van der Waals surface area contributed by atoms with E-state index in [1.54, 1.807) is 18.7 Å². The molecule has 0 spiro atoms. The van der Waals surface area contributed by atoms with Crippen LogP contribution >= 0.6 is 7.60 Å². The van der Waals surface area contributed by atoms with Crippen molar-refractivity contribution in [1.82, 2.24) is 14.9 Å². The van der Waals surface area contributed by atoms with Crippen LogP contribution < -0.4 is 21.9 Å². The molecule has 1 rings (SSSR count). The molecule has 0 atom stereocenters. The Morgan fingerprint density at radius 2 is 1.90 bits per heavy atom. The Morgan fingerprint density at radius 1 is 1.24 bits per heavy atom. The Hall–Kier alpha value is -2.38. The quantitative estimate of drug-likeness (QED) is 0.369. The zero-order valence-electron chi connectivity index (χ0n) is 17.0. The number of nitrogens with two attached hydrogens (primary N) is 2. The van der Waals surface area contributed by atoms with Gasteiger partial charge >= 0.3 is 7.60 Å². The third kappa shape index (κ3) is 7.87. The van der Waals surface area contributed by atoms with Crippen LogP contribution in [-0.2, 0) is 13.6 Å². The van der Waals surface area contributed by atoms with Crippen molar-refractivity contribution in [3.8, 4) is 6.07 Å². The monoisotopic (exact) mass is 427 g/mol. The van der Waals surface area contributed by atoms with Crippen molar-refractivity contribution in [2.75, 3.05) is 61.9 Å². The van der Waals surface area contributed by atoms with Crippen LogP contribution in [0.25, 0.3) is 0 Å². The summed E-state index contributed by atoms with van der Waals surface area (Å²) in [7, 11) is -3.19. The number of nitrogen functional groups attached to an aromatic ring is 2. The third-order valence-electron chi connectivity index (χ3n) is 3.98. The molecular formula is C17H30N7O4P. The van der Waals surface area contributed by atoms with Gasteiger partial charge in [-0.25, -0.2) is 0 Å². The molecule has 11 nitrogen and oxygen atoms in total. The number of aromatic amines is 1. The smallest absolute Gasteiger partial charge is 0.331 e. The van der Waals surface area contributed by atoms with Gasteiger partial charge in [-0.2, -0.15) is 10.2 Å². The van der Waals surface area contributed by atoms with Crippen LogP contribution in [0.15, 0.2) is 17.6 Å². The molecule has 0 aliphatic heterocycles. The number of aromatic nitrogens is 2. The fourth-order valence-electron chi connectivity index (χ4n) is 2.61. The Balaban J connectivity index is 2.87. The molecule has 12 heteroatoms. The van der Waals surface area contributed by atoms with Crippen LogP contribution in [0.3, 0.4) is 0 Å². The molecule has 162 valence electrons. The number of nitriles is 1. The minimum Gasteiger partial charge on any atom is -0.391 e. The topological polar surface area (TPSA) is 164 Å². The molecule has 29 heavy (non-hydrogen) atoms. The Labute approximate surface area is 170 Å². The maximum absolute atomic E-state index is 12.7. The van der Waals surface area contributed by atoms with Crippen molar-refractivity contribution < 1.29 is 13.6 Å². The van der Waals surface area contributed by atoms with Crippen LogP contribution in [0.1, 0.15) is 20.3 Å². The van der Waals surface area contributed by atoms with Gasteiger partial charge < -0.3 is 25.4 Å². The number of hydrogen-bond acceptors (Lipinski definition) is 10. The molecular weight excluding hydrogens is 397 g/mol. The summed E-state index contributed by atoms with van der Waals surface area (Å²) < 4.78 is 23.3. The maximum Gasteiger partial charge on any atom is 0.331 e. The van der Waals surface area contributed by atoms with Gasteiger partial charge in [0.2, 0.25) is 5.95 Å². The molecule has 1 aromatic rings. The average molecular weight is 427 g/mol. The first kappa shape index (κ1) is 24.7. The van der Waals surface area contributed by atoms with Crippen molar-refractivity contribution in [2.24, 2.45) is 0 Å². The molecule has 0 saturated carbocycles. The van der Waals surface area contributed by atoms with E-state index in [1.165, 1.54) is 6.20 Å². The lowest BCUT2D eigenvalue weighted by molar-refractivity contribution is 0.212. The molecule has 0 aromatic carbocycles. The van der Waals surface area contributed by atoms with Gasteiger partial charge in [0.05, 0.1) is 25.4 Å². The van der Waals surface area contributed by atoms with Crippen molar-refractivity contribution in [3.05, 3.63) is 23.1 Å². The van der Waals surface area contributed by atoms with Gasteiger partial charge in [0, 0.05) is 32.6 Å². The summed E-state index contributed by atoms with van der Waals surface area (Å²) in [6.45, 7) is 9.55. The normalized spacial score (nSPS) is 11.4. The Kier molecular flexibility index (Phi) is 10.4. The number of nitrogens with one attached hydrogen (secondary N) is 1. The van der Waals surface area contributed by atoms with E-state index in [2.05, 4.69) is 22.6 Å². The molecule has 0 fully saturated rings. The highest BCUT2D eigenvalue weighted by Gasteiger charge is 2.24. The van der Waals surface area contributed by atoms with Gasteiger partial charge in [-0.1, -0.05) is 6.58 Å². The molecule has 0 bridgehead atoms. The van der Waals surface area contributed by atoms with Gasteiger partial charge in [-0.05, 0) is 20.0 Å². The third-order valence-corrected chi connectivity index (χ3v) is 6.04. The average Bonchev–Trinajstić information content (AvgIpc) is 2.67. The highest BCUT2D eigenvalue weighted by Crippen LogP contribution is 2.47. The van der Waals surface area contributed by atoms with Crippen molar-refractivity contribution in [3.63, 3.8) is 0 Å². The van der Waals surface area contributed by atoms with Gasteiger partial charge in [-0.3, -0.25) is 19.2 Å². The fraction of sp³-hybridized carbons (Fsp3) is 0.588. The number of hydrogen-bond donors (Lipinski definition) is 3. The lowest BCUT2D eigenvalue weighted by atomic mass is 10.3. The van der Waals surface area contributed by atoms with Gasteiger partial charge in [0.15, 0.2) is 5.82 Å². The summed E-state index contributed by atoms with van der Waals surface area (Å²) >= 11 is 0. The number of H-pyrrole nitrogens is 1. The Bertz CT molecular complexity index is 798. The molecule has 1 aromatic heterocycles. The summed E-state index contributed by atoms with van der Waals surface area (Å²) in [5, 5.41) is 8.92. The predicted octanol–water partition coefficient (Wildman–Crippen LogP) is 1.37. The lowest BCUT2D eigenvalue weighted by Gasteiger charge is -2.27. The van der Waals surface area contributed by atoms with E-state index in [9.17, 15) is 9.36 Å². The van der Waals surface area contributed by atoms with Gasteiger partial charge in [0.25, 0.3) is 5.56 Å². The molecule has 0 radical (unpaired) electrons. The van der Waals surface area contributed by atoms with E-state index >= 15 is 0 Å². The fourth-order valence-corrected chi connectivity index (χ4v) is 4.25. The highest BCUT2D eigenvalue weighted by atomic mass is 31.2. The largest absolute Gasteiger partial charge is 0.391 e. The van der Waals surface area contributed by atoms with E-state index < -0.39 is 13.2 Å². The highest BCUT2D eigenvalue weighted by molar-refractivity contribution is 7.53. The van der Waals surface area contributed by atoms with Crippen LogP contribution in [0, 0.1) is 11.3 Å². The molecule has 0 aliphatic rings. The minimum atomic E-state index is -3.19. The first-order valence-corrected chi connectivity index (χ1v) is 11.0. The zero-order chi connectivity index (χ0) is 21.9. The molecule has 1 heterocycles. The summed E-state index contributed by atoms with van der Waals surface area (Å²) in [5.74, 6) is 0.151. The molecule has 0 aliphatic carbocycles. The maximum atomic E-state index is 12.7. The minimum absolute atomic E-state index is 0.0539. The van der Waals surface area contributed by atoms with Crippen LogP contribution in [-0.4, -0.2) is 60.4 Å². The molecule has 5 N–H and O–H groups in total. The lowest BCUT2D eigenvalue weighted by Crippen LogP contribution is -2.36. The van der Waals surface area contributed by atoms with Crippen LogP contribution in [0.4, 0.5) is 17.5 Å². The molecule has 0 amide bonds. The summed E-state index contributed by atoms with van der Waals surface area (Å²) in [4.78, 5) is 21.8. The van der Waals surface area contributed by atoms with Crippen molar-refractivity contribution in [2.45, 2.75) is 20.3 Å². The van der Waals surface area contributed by atoms with Crippen LogP contribution in [0.2, 0.25) is 0 Å². The predicted molar refractivity (Wildman–Crippen MR) is 114 cm³/mol. The standard InChI is InChI=1S/C17H30N7O4P/c1-4-24(15-14(19)16(25)22-17(20)21-15)11-10-23(9-7-8-18)12-13-29(26,27-5-2)28-6-3/h4H,1,5-7,9-13,19H2,2-3H3,(H3,20,21,22,25). The first-order valence-electron chi connectivity index (χ1n) is 9.32. The van der Waals surface area contributed by atoms with E-state index in [4.69, 9.17) is 25.8 Å². The first-order chi connectivity index (χ1) is 13.8. The number of rotatable bonds is 14. The van der Waals surface area contributed by atoms with Crippen LogP contribution in [0.5, 0.6) is 0 Å². The van der Waals surface area contributed by atoms with E-state index in [-0.39, 0.29) is 36.8 Å². The summed E-state index contributed by atoms with van der Waals surface area (Å²) in [5.41, 5.74) is 10.8. The van der Waals surface area contributed by atoms with E-state index in [0.717, 1.165) is 0 Å². The van der Waals surface area contributed by atoms with E-state index in [1.807, 2.05) is 4.90 Å². The number of anilines is 3. The summed E-state index contributed by atoms with van der Waals surface area (Å²) in [6.07, 6.45) is 2.00. The summed E-state index contributed by atoms with van der Waals surface area (Å²) in [6, 6.07) is 2.10. The van der Waals surface area contributed by atoms with Crippen molar-refractivity contribution >= 4 is 25.0 Å². The van der Waals surface area contributed by atoms with Crippen molar-refractivity contribution in [1.29, 1.82) is 5.26 Å². The molecule has 0 unspecified atom stereocenters. The second kappa shape index (κ2) is 12.2. The zero-order valence-corrected chi connectivity index (χ0v) is 17.9. The second-order valence-corrected chi connectivity index (χ2v) is 8.17. The molecule has 0 saturated heterocycles. The Morgan fingerprint density at radius 3 is 2.45 bits per heavy atom. The SMILES string of the molecule is C=CN(CCN(CCC#N)CCP(=O)(OCC)OCC)c1nc(N)[nH]c(=O)c1N. The second-order valence-electron chi connectivity index (χ2n) is 5.98. The number of nitrogens with zero attached hydrogens (tertiary/aromatic N) is 4. The van der Waals surface area contributed by atoms with Gasteiger partial charge in [0.1, 0.15) is 5.69 Å².